The van der Waals surface area contributed by atoms with Crippen LogP contribution in [0.5, 0.6) is 0 Å². The van der Waals surface area contributed by atoms with Crippen molar-refractivity contribution in [2.24, 2.45) is 0 Å². The molecule has 1 heterocycles. The molecule has 0 spiro atoms. The van der Waals surface area contributed by atoms with Gasteiger partial charge in [-0.1, -0.05) is 6.58 Å². The highest BCUT2D eigenvalue weighted by molar-refractivity contribution is 5.87. The quantitative estimate of drug-likeness (QED) is 0.272. The Kier molecular flexibility index (Phi) is 7.07. The minimum atomic E-state index is -0.884. The van der Waals surface area contributed by atoms with Crippen LogP contribution in [-0.2, 0) is 38.1 Å². The van der Waals surface area contributed by atoms with Crippen LogP contribution in [0.3, 0.4) is 0 Å². The van der Waals surface area contributed by atoms with Crippen molar-refractivity contribution >= 4 is 23.9 Å². The van der Waals surface area contributed by atoms with Crippen LogP contribution >= 0.6 is 0 Å². The maximum Gasteiger partial charge on any atom is 0.347 e. The van der Waals surface area contributed by atoms with E-state index in [1.807, 2.05) is 0 Å². The number of carbonyl (C=O) groups excluding carboxylic acids is 4. The van der Waals surface area contributed by atoms with Gasteiger partial charge in [0.25, 0.3) is 0 Å². The Labute approximate surface area is 127 Å². The van der Waals surface area contributed by atoms with E-state index in [1.165, 1.54) is 6.92 Å². The highest BCUT2D eigenvalue weighted by atomic mass is 16.6. The molecule has 1 aliphatic rings. The van der Waals surface area contributed by atoms with Gasteiger partial charge in [-0.05, 0) is 6.92 Å². The molecule has 0 aromatic carbocycles. The maximum absolute atomic E-state index is 11.4. The third-order valence-corrected chi connectivity index (χ3v) is 2.62. The van der Waals surface area contributed by atoms with Gasteiger partial charge < -0.3 is 18.9 Å². The molecule has 1 fully saturated rings. The van der Waals surface area contributed by atoms with Gasteiger partial charge in [0.05, 0.1) is 19.4 Å². The topological polar surface area (TPSA) is 105 Å². The van der Waals surface area contributed by atoms with Crippen molar-refractivity contribution in [1.82, 2.24) is 0 Å². The van der Waals surface area contributed by atoms with Crippen LogP contribution < -0.4 is 0 Å². The zero-order chi connectivity index (χ0) is 16.5. The standard InChI is InChI=1S/C14H18O8/c1-9(2)13(17)21-8-7-19-11(15)3-4-12(16)22-10-5-6-20-14(10)18/h10H,1,3-8H2,2H3. The van der Waals surface area contributed by atoms with Gasteiger partial charge in [0.1, 0.15) is 13.2 Å². The molecule has 1 saturated heterocycles. The van der Waals surface area contributed by atoms with E-state index in [0.717, 1.165) is 0 Å². The summed E-state index contributed by atoms with van der Waals surface area (Å²) >= 11 is 0. The van der Waals surface area contributed by atoms with Crippen molar-refractivity contribution in [2.75, 3.05) is 19.8 Å². The summed E-state index contributed by atoms with van der Waals surface area (Å²) in [5, 5.41) is 0. The lowest BCUT2D eigenvalue weighted by Gasteiger charge is -2.08. The lowest BCUT2D eigenvalue weighted by atomic mass is 10.3. The molecule has 22 heavy (non-hydrogen) atoms. The van der Waals surface area contributed by atoms with E-state index in [-0.39, 0.29) is 38.2 Å². The van der Waals surface area contributed by atoms with Crippen LogP contribution in [0.25, 0.3) is 0 Å². The molecule has 8 heteroatoms. The average molecular weight is 314 g/mol. The first-order valence-electron chi connectivity index (χ1n) is 6.74. The molecule has 1 unspecified atom stereocenters. The number of cyclic esters (lactones) is 1. The smallest absolute Gasteiger partial charge is 0.347 e. The fraction of sp³-hybridized carbons (Fsp3) is 0.571. The fourth-order valence-corrected chi connectivity index (χ4v) is 1.49. The molecule has 1 aliphatic heterocycles. The molecule has 0 aromatic heterocycles. The van der Waals surface area contributed by atoms with Gasteiger partial charge in [0.2, 0.25) is 6.10 Å². The molecule has 1 atom stereocenters. The van der Waals surface area contributed by atoms with Crippen LogP contribution in [0, 0.1) is 0 Å². The summed E-state index contributed by atoms with van der Waals surface area (Å²) in [5.41, 5.74) is 0.250. The molecule has 0 bridgehead atoms. The predicted molar refractivity (Wildman–Crippen MR) is 71.4 cm³/mol. The van der Waals surface area contributed by atoms with E-state index in [9.17, 15) is 19.2 Å². The highest BCUT2D eigenvalue weighted by Crippen LogP contribution is 2.11. The normalized spacial score (nSPS) is 16.6. The van der Waals surface area contributed by atoms with E-state index in [1.54, 1.807) is 0 Å². The van der Waals surface area contributed by atoms with Crippen LogP contribution in [0.1, 0.15) is 26.2 Å². The van der Waals surface area contributed by atoms with Gasteiger partial charge in [0.15, 0.2) is 0 Å². The number of carbonyl (C=O) groups is 4. The number of hydrogen-bond donors (Lipinski definition) is 0. The molecule has 0 N–H and O–H groups in total. The third-order valence-electron chi connectivity index (χ3n) is 2.62. The second-order valence-electron chi connectivity index (χ2n) is 4.57. The first-order chi connectivity index (χ1) is 10.4. The van der Waals surface area contributed by atoms with E-state index >= 15 is 0 Å². The molecule has 0 aliphatic carbocycles. The van der Waals surface area contributed by atoms with E-state index < -0.39 is 30.0 Å². The van der Waals surface area contributed by atoms with Crippen molar-refractivity contribution in [3.8, 4) is 0 Å². The molecule has 0 aromatic rings. The first-order valence-corrected chi connectivity index (χ1v) is 6.74. The van der Waals surface area contributed by atoms with Gasteiger partial charge in [0, 0.05) is 12.0 Å². The molecule has 0 amide bonds. The number of rotatable bonds is 8. The molecule has 0 radical (unpaired) electrons. The Balaban J connectivity index is 2.10. The number of ether oxygens (including phenoxy) is 4. The summed E-state index contributed by atoms with van der Waals surface area (Å²) in [6.07, 6.45) is -0.947. The van der Waals surface area contributed by atoms with Crippen molar-refractivity contribution in [2.45, 2.75) is 32.3 Å². The predicted octanol–water partition coefficient (Wildman–Crippen LogP) is 0.288. The summed E-state index contributed by atoms with van der Waals surface area (Å²) in [4.78, 5) is 44.9. The van der Waals surface area contributed by atoms with E-state index in [0.29, 0.717) is 6.42 Å². The van der Waals surface area contributed by atoms with Gasteiger partial charge in [-0.15, -0.1) is 0 Å². The second-order valence-corrected chi connectivity index (χ2v) is 4.57. The molecule has 122 valence electrons. The molecular formula is C14H18O8. The van der Waals surface area contributed by atoms with Gasteiger partial charge in [-0.25, -0.2) is 9.59 Å². The minimum absolute atomic E-state index is 0.0875. The van der Waals surface area contributed by atoms with Gasteiger partial charge in [-0.3, -0.25) is 9.59 Å². The monoisotopic (exact) mass is 314 g/mol. The lowest BCUT2D eigenvalue weighted by molar-refractivity contribution is -0.161. The summed E-state index contributed by atoms with van der Waals surface area (Å²) in [5.74, 6) is -2.44. The van der Waals surface area contributed by atoms with Crippen LogP contribution in [0.4, 0.5) is 0 Å². The fourth-order valence-electron chi connectivity index (χ4n) is 1.49. The number of hydrogen-bond acceptors (Lipinski definition) is 8. The Hall–Kier alpha value is -2.38. The molecule has 0 saturated carbocycles. The first kappa shape index (κ1) is 17.7. The van der Waals surface area contributed by atoms with Crippen molar-refractivity contribution in [3.63, 3.8) is 0 Å². The third kappa shape index (κ3) is 6.38. The Morgan fingerprint density at radius 2 is 1.82 bits per heavy atom. The highest BCUT2D eigenvalue weighted by Gasteiger charge is 2.30. The summed E-state index contributed by atoms with van der Waals surface area (Å²) in [6, 6.07) is 0. The SMILES string of the molecule is C=C(C)C(=O)OCCOC(=O)CCC(=O)OC1CCOC1=O. The summed E-state index contributed by atoms with van der Waals surface area (Å²) in [6.45, 7) is 4.93. The van der Waals surface area contributed by atoms with E-state index in [2.05, 4.69) is 11.3 Å². The lowest BCUT2D eigenvalue weighted by Crippen LogP contribution is -2.23. The molecular weight excluding hydrogens is 296 g/mol. The van der Waals surface area contributed by atoms with Gasteiger partial charge in [-0.2, -0.15) is 0 Å². The Bertz CT molecular complexity index is 467. The summed E-state index contributed by atoms with van der Waals surface area (Å²) in [7, 11) is 0. The largest absolute Gasteiger partial charge is 0.463 e. The minimum Gasteiger partial charge on any atom is -0.463 e. The molecule has 1 rings (SSSR count). The average Bonchev–Trinajstić information content (AvgIpc) is 2.86. The maximum atomic E-state index is 11.4. The van der Waals surface area contributed by atoms with Crippen molar-refractivity contribution < 1.29 is 38.1 Å². The second kappa shape index (κ2) is 8.81. The van der Waals surface area contributed by atoms with Crippen LogP contribution in [-0.4, -0.2) is 49.8 Å². The molecule has 8 nitrogen and oxygen atoms in total. The number of esters is 4. The van der Waals surface area contributed by atoms with Gasteiger partial charge >= 0.3 is 23.9 Å². The van der Waals surface area contributed by atoms with Crippen molar-refractivity contribution in [3.05, 3.63) is 12.2 Å². The summed E-state index contributed by atoms with van der Waals surface area (Å²) < 4.78 is 19.0. The Morgan fingerprint density at radius 1 is 1.18 bits per heavy atom. The van der Waals surface area contributed by atoms with Crippen LogP contribution in [0.15, 0.2) is 12.2 Å². The zero-order valence-corrected chi connectivity index (χ0v) is 12.3. The van der Waals surface area contributed by atoms with Crippen LogP contribution in [0.2, 0.25) is 0 Å². The Morgan fingerprint density at radius 3 is 2.41 bits per heavy atom. The van der Waals surface area contributed by atoms with Crippen molar-refractivity contribution in [1.29, 1.82) is 0 Å². The zero-order valence-electron chi connectivity index (χ0n) is 12.3. The van der Waals surface area contributed by atoms with E-state index in [4.69, 9.17) is 14.2 Å².